The number of aliphatic carboxylic acids is 1. The van der Waals surface area contributed by atoms with E-state index in [1.165, 1.54) is 5.56 Å². The maximum absolute atomic E-state index is 13.9. The Kier molecular flexibility index (Phi) is 18.5. The van der Waals surface area contributed by atoms with Gasteiger partial charge in [0.05, 0.1) is 6.61 Å². The number of aryl methyl sites for hydroxylation is 1. The van der Waals surface area contributed by atoms with Crippen LogP contribution < -0.4 is 16.0 Å². The maximum Gasteiger partial charge on any atom is 0.407 e. The number of carbonyl (C=O) groups is 6. The smallest absolute Gasteiger partial charge is 0.407 e. The van der Waals surface area contributed by atoms with Crippen LogP contribution in [0.3, 0.4) is 0 Å². The van der Waals surface area contributed by atoms with E-state index in [0.717, 1.165) is 30.4 Å². The van der Waals surface area contributed by atoms with Gasteiger partial charge in [-0.25, -0.2) is 9.59 Å². The monoisotopic (exact) mass is 763 g/mol. The Bertz CT molecular complexity index is 1570. The predicted octanol–water partition coefficient (Wildman–Crippen LogP) is 6.82. The van der Waals surface area contributed by atoms with Crippen LogP contribution in [0.25, 0.3) is 11.1 Å². The molecule has 1 heterocycles. The fraction of sp³-hybridized carbons (Fsp3) is 0.581. The number of hydrogen-bond acceptors (Lipinski definition) is 8. The fourth-order valence-corrected chi connectivity index (χ4v) is 6.32. The normalized spacial score (nSPS) is 19.3. The van der Waals surface area contributed by atoms with E-state index in [0.29, 0.717) is 57.2 Å². The number of benzene rings is 2. The van der Waals surface area contributed by atoms with Crippen molar-refractivity contribution in [2.75, 3.05) is 19.8 Å². The minimum Gasteiger partial charge on any atom is -0.480 e. The number of amides is 3. The van der Waals surface area contributed by atoms with Crippen molar-refractivity contribution in [1.29, 1.82) is 0 Å². The van der Waals surface area contributed by atoms with Crippen LogP contribution in [0.2, 0.25) is 0 Å². The summed E-state index contributed by atoms with van der Waals surface area (Å²) in [5, 5.41) is 17.6. The Morgan fingerprint density at radius 2 is 1.62 bits per heavy atom. The van der Waals surface area contributed by atoms with Gasteiger partial charge in [0.15, 0.2) is 11.6 Å². The van der Waals surface area contributed by atoms with E-state index in [9.17, 15) is 33.9 Å². The molecule has 302 valence electrons. The molecule has 0 spiro atoms. The largest absolute Gasteiger partial charge is 0.480 e. The van der Waals surface area contributed by atoms with Gasteiger partial charge in [-0.1, -0.05) is 88.1 Å². The Labute approximate surface area is 325 Å². The number of unbranched alkanes of at least 4 members (excludes halogenated alkanes) is 2. The highest BCUT2D eigenvalue weighted by molar-refractivity contribution is 6.00. The minimum absolute atomic E-state index is 0.0990. The zero-order valence-corrected chi connectivity index (χ0v) is 33.2. The lowest BCUT2D eigenvalue weighted by molar-refractivity contribution is -0.143. The third-order valence-electron chi connectivity index (χ3n) is 9.60. The molecule has 1 saturated heterocycles. The topological polar surface area (TPSA) is 177 Å². The van der Waals surface area contributed by atoms with Crippen molar-refractivity contribution in [1.82, 2.24) is 16.0 Å². The number of carbonyl (C=O) groups excluding carboxylic acids is 5. The van der Waals surface area contributed by atoms with Crippen molar-refractivity contribution in [2.45, 2.75) is 129 Å². The summed E-state index contributed by atoms with van der Waals surface area (Å²) in [7, 11) is 0. The van der Waals surface area contributed by atoms with Crippen molar-refractivity contribution < 1.29 is 43.3 Å². The lowest BCUT2D eigenvalue weighted by Crippen LogP contribution is -2.48. The Morgan fingerprint density at radius 3 is 2.25 bits per heavy atom. The van der Waals surface area contributed by atoms with Gasteiger partial charge < -0.3 is 30.5 Å². The number of carboxylic acid groups (broad SMARTS) is 1. The molecule has 55 heavy (non-hydrogen) atoms. The number of alkyl carbamates (subject to hydrolysis) is 1. The summed E-state index contributed by atoms with van der Waals surface area (Å²) < 4.78 is 11.1. The first-order chi connectivity index (χ1) is 26.2. The highest BCUT2D eigenvalue weighted by Crippen LogP contribution is 2.24. The molecule has 3 amide bonds. The summed E-state index contributed by atoms with van der Waals surface area (Å²) in [6.45, 7) is 9.56. The van der Waals surface area contributed by atoms with Gasteiger partial charge in [0.25, 0.3) is 0 Å². The average Bonchev–Trinajstić information content (AvgIpc) is 3.13. The van der Waals surface area contributed by atoms with Crippen molar-refractivity contribution in [3.63, 3.8) is 0 Å². The van der Waals surface area contributed by atoms with E-state index in [-0.39, 0.29) is 31.7 Å². The van der Waals surface area contributed by atoms with Gasteiger partial charge in [-0.3, -0.25) is 19.2 Å². The van der Waals surface area contributed by atoms with Crippen LogP contribution in [0.1, 0.15) is 121 Å². The molecule has 4 atom stereocenters. The van der Waals surface area contributed by atoms with E-state index in [2.05, 4.69) is 47.1 Å². The molecular formula is C43H61N3O9. The highest BCUT2D eigenvalue weighted by Gasteiger charge is 2.31. The van der Waals surface area contributed by atoms with E-state index in [1.54, 1.807) is 39.8 Å². The third kappa shape index (κ3) is 16.4. The van der Waals surface area contributed by atoms with Gasteiger partial charge in [-0.2, -0.15) is 0 Å². The van der Waals surface area contributed by atoms with Crippen molar-refractivity contribution in [3.05, 3.63) is 59.7 Å². The molecule has 2 aromatic rings. The molecule has 4 N–H and O–H groups in total. The number of hydrogen-bond donors (Lipinski definition) is 4. The lowest BCUT2D eigenvalue weighted by atomic mass is 9.91. The predicted molar refractivity (Wildman–Crippen MR) is 211 cm³/mol. The number of rotatable bonds is 15. The molecule has 3 rings (SSSR count). The van der Waals surface area contributed by atoms with Crippen LogP contribution >= 0.6 is 0 Å². The molecule has 0 aliphatic carbocycles. The van der Waals surface area contributed by atoms with Crippen molar-refractivity contribution >= 4 is 35.4 Å². The van der Waals surface area contributed by atoms with Crippen LogP contribution in [-0.2, 0) is 35.1 Å². The first-order valence-electron chi connectivity index (χ1n) is 19.8. The SMILES string of the molecule is CCCCc1ccc(-c2ccc(C(=O)C[C@@H](CCCCNC(=O)OC(C)(C)C)C(=O)N[C@H]3COCCCCC[C@@H](C(=O)O)NC(=O)[C@H](C)CC3=O)cc2)cc1. The average molecular weight is 764 g/mol. The van der Waals surface area contributed by atoms with Gasteiger partial charge in [-0.05, 0) is 76.0 Å². The Morgan fingerprint density at radius 1 is 0.945 bits per heavy atom. The van der Waals surface area contributed by atoms with Crippen molar-refractivity contribution in [2.24, 2.45) is 11.8 Å². The van der Waals surface area contributed by atoms with E-state index in [4.69, 9.17) is 9.47 Å². The van der Waals surface area contributed by atoms with Gasteiger partial charge >= 0.3 is 12.1 Å². The molecule has 1 aliphatic rings. The summed E-state index contributed by atoms with van der Waals surface area (Å²) in [5.41, 5.74) is 3.12. The fourth-order valence-electron chi connectivity index (χ4n) is 6.32. The second-order valence-electron chi connectivity index (χ2n) is 15.6. The van der Waals surface area contributed by atoms with E-state index < -0.39 is 59.2 Å². The molecule has 0 aromatic heterocycles. The summed E-state index contributed by atoms with van der Waals surface area (Å²) in [6.07, 6.45) is 5.90. The molecule has 1 fully saturated rings. The quantitative estimate of drug-likeness (QED) is 0.112. The van der Waals surface area contributed by atoms with Crippen molar-refractivity contribution in [3.8, 4) is 11.1 Å². The van der Waals surface area contributed by atoms with Crippen LogP contribution in [0.5, 0.6) is 0 Å². The van der Waals surface area contributed by atoms with Gasteiger partial charge in [0.2, 0.25) is 11.8 Å². The standard InChI is InChI=1S/C43H61N3O9/c1-6-7-13-30-16-18-31(19-17-30)32-20-22-33(23-21-32)37(47)27-34(14-10-11-24-44-42(53)55-43(3,4)5)40(50)46-36-28-54-25-12-8-9-15-35(41(51)52)45-39(49)29(2)26-38(36)48/h16-23,29,34-36H,6-15,24-28H2,1-5H3,(H,44,53)(H,45,49)(H,46,50)(H,51,52)/t29-,34-,35+,36+/m1/s1. The van der Waals surface area contributed by atoms with Gasteiger partial charge in [0.1, 0.15) is 17.7 Å². The second-order valence-corrected chi connectivity index (χ2v) is 15.6. The summed E-state index contributed by atoms with van der Waals surface area (Å²) >= 11 is 0. The number of ether oxygens (including phenoxy) is 2. The highest BCUT2D eigenvalue weighted by atomic mass is 16.6. The van der Waals surface area contributed by atoms with Gasteiger partial charge in [0, 0.05) is 43.4 Å². The molecule has 12 nitrogen and oxygen atoms in total. The third-order valence-corrected chi connectivity index (χ3v) is 9.60. The first kappa shape index (κ1) is 44.8. The Balaban J connectivity index is 1.73. The zero-order valence-electron chi connectivity index (χ0n) is 33.2. The summed E-state index contributed by atoms with van der Waals surface area (Å²) in [5.74, 6) is -4.46. The van der Waals surface area contributed by atoms with E-state index >= 15 is 0 Å². The maximum atomic E-state index is 13.9. The zero-order chi connectivity index (χ0) is 40.4. The molecular weight excluding hydrogens is 702 g/mol. The second kappa shape index (κ2) is 22.7. The number of carboxylic acids is 1. The van der Waals surface area contributed by atoms with Crippen LogP contribution in [0, 0.1) is 11.8 Å². The van der Waals surface area contributed by atoms with Crippen LogP contribution in [-0.4, -0.2) is 78.0 Å². The van der Waals surface area contributed by atoms with Crippen LogP contribution in [0.4, 0.5) is 4.79 Å². The molecule has 12 heteroatoms. The number of Topliss-reactive ketones (excluding diaryl/α,β-unsaturated/α-hetero) is 2. The molecule has 1 aliphatic heterocycles. The molecule has 0 saturated carbocycles. The molecule has 0 radical (unpaired) electrons. The van der Waals surface area contributed by atoms with Crippen LogP contribution in [0.15, 0.2) is 48.5 Å². The Hall–Kier alpha value is -4.58. The van der Waals surface area contributed by atoms with E-state index in [1.807, 2.05) is 12.1 Å². The number of nitrogens with one attached hydrogen (secondary N) is 3. The first-order valence-corrected chi connectivity index (χ1v) is 19.8. The summed E-state index contributed by atoms with van der Waals surface area (Å²) in [6, 6.07) is 13.6. The lowest BCUT2D eigenvalue weighted by Gasteiger charge is -2.24. The summed E-state index contributed by atoms with van der Waals surface area (Å²) in [4.78, 5) is 77.8. The number of ketones is 2. The molecule has 0 bridgehead atoms. The molecule has 2 aromatic carbocycles. The molecule has 0 unspecified atom stereocenters. The van der Waals surface area contributed by atoms with Gasteiger partial charge in [-0.15, -0.1) is 0 Å². The minimum atomic E-state index is -1.13.